The van der Waals surface area contributed by atoms with Gasteiger partial charge in [0.1, 0.15) is 0 Å². The number of aromatic nitrogens is 2. The Morgan fingerprint density at radius 3 is 2.86 bits per heavy atom. The van der Waals surface area contributed by atoms with Gasteiger partial charge in [0.25, 0.3) is 5.91 Å². The topological polar surface area (TPSA) is 46.1 Å². The van der Waals surface area contributed by atoms with E-state index in [1.165, 1.54) is 4.88 Å². The molecule has 0 bridgehead atoms. The van der Waals surface area contributed by atoms with E-state index in [2.05, 4.69) is 9.97 Å². The molecule has 4 nitrogen and oxygen atoms in total. The minimum atomic E-state index is 0.0368. The highest BCUT2D eigenvalue weighted by Gasteiger charge is 2.14. The molecule has 0 aliphatic carbocycles. The fourth-order valence-corrected chi connectivity index (χ4v) is 3.91. The van der Waals surface area contributed by atoms with Crippen molar-refractivity contribution >= 4 is 38.8 Å². The molecular formula is C16H17N3OS2. The summed E-state index contributed by atoms with van der Waals surface area (Å²) in [6, 6.07) is 5.75. The molecule has 0 saturated carbocycles. The van der Waals surface area contributed by atoms with Crippen molar-refractivity contribution in [3.05, 3.63) is 44.9 Å². The monoisotopic (exact) mass is 331 g/mol. The van der Waals surface area contributed by atoms with E-state index in [1.54, 1.807) is 27.6 Å². The van der Waals surface area contributed by atoms with Gasteiger partial charge < -0.3 is 4.90 Å². The van der Waals surface area contributed by atoms with Crippen LogP contribution in [0.15, 0.2) is 23.7 Å². The number of hydrogen-bond acceptors (Lipinski definition) is 5. The van der Waals surface area contributed by atoms with Gasteiger partial charge in [-0.05, 0) is 32.0 Å². The molecule has 0 unspecified atom stereocenters. The Hall–Kier alpha value is -1.79. The third-order valence-corrected chi connectivity index (χ3v) is 5.55. The molecule has 114 valence electrons. The third-order valence-electron chi connectivity index (χ3n) is 3.61. The van der Waals surface area contributed by atoms with Crippen molar-refractivity contribution < 1.29 is 4.79 Å². The SMILES string of the molecule is Cc1nc2cc(C(=O)N(C)CCc3scnc3C)ccc2s1. The van der Waals surface area contributed by atoms with Crippen molar-refractivity contribution in [1.29, 1.82) is 0 Å². The summed E-state index contributed by atoms with van der Waals surface area (Å²) in [5, 5.41) is 1.02. The summed E-state index contributed by atoms with van der Waals surface area (Å²) in [5.41, 5.74) is 4.51. The lowest BCUT2D eigenvalue weighted by molar-refractivity contribution is 0.0797. The summed E-state index contributed by atoms with van der Waals surface area (Å²) < 4.78 is 1.12. The Kier molecular flexibility index (Phi) is 4.22. The van der Waals surface area contributed by atoms with Crippen LogP contribution in [0, 0.1) is 13.8 Å². The summed E-state index contributed by atoms with van der Waals surface area (Å²) >= 11 is 3.30. The molecular weight excluding hydrogens is 314 g/mol. The van der Waals surface area contributed by atoms with Crippen molar-refractivity contribution in [3.63, 3.8) is 0 Å². The average molecular weight is 331 g/mol. The number of rotatable bonds is 4. The number of carbonyl (C=O) groups is 1. The van der Waals surface area contributed by atoms with Crippen molar-refractivity contribution in [2.24, 2.45) is 0 Å². The van der Waals surface area contributed by atoms with E-state index < -0.39 is 0 Å². The Bertz CT molecular complexity index is 822. The Morgan fingerprint density at radius 1 is 1.32 bits per heavy atom. The molecule has 0 fully saturated rings. The van der Waals surface area contributed by atoms with Gasteiger partial charge in [0.2, 0.25) is 0 Å². The van der Waals surface area contributed by atoms with Crippen molar-refractivity contribution in [2.45, 2.75) is 20.3 Å². The molecule has 0 atom stereocenters. The lowest BCUT2D eigenvalue weighted by Crippen LogP contribution is -2.28. The average Bonchev–Trinajstić information content (AvgIpc) is 3.07. The van der Waals surface area contributed by atoms with Crippen LogP contribution in [0.4, 0.5) is 0 Å². The van der Waals surface area contributed by atoms with Gasteiger partial charge in [-0.1, -0.05) is 0 Å². The number of fused-ring (bicyclic) bond motifs is 1. The first-order chi connectivity index (χ1) is 10.5. The number of amides is 1. The van der Waals surface area contributed by atoms with Crippen LogP contribution in [0.1, 0.15) is 25.9 Å². The van der Waals surface area contributed by atoms with Gasteiger partial charge >= 0.3 is 0 Å². The predicted molar refractivity (Wildman–Crippen MR) is 91.9 cm³/mol. The number of likely N-dealkylation sites (N-methyl/N-ethyl adjacent to an activating group) is 1. The van der Waals surface area contributed by atoms with E-state index in [0.717, 1.165) is 27.3 Å². The number of benzene rings is 1. The van der Waals surface area contributed by atoms with Gasteiger partial charge in [-0.15, -0.1) is 22.7 Å². The molecule has 0 aliphatic heterocycles. The number of aryl methyl sites for hydroxylation is 2. The molecule has 2 aromatic heterocycles. The minimum Gasteiger partial charge on any atom is -0.341 e. The van der Waals surface area contributed by atoms with E-state index in [4.69, 9.17) is 0 Å². The Labute approximate surface area is 137 Å². The van der Waals surface area contributed by atoms with E-state index >= 15 is 0 Å². The molecule has 1 aromatic carbocycles. The van der Waals surface area contributed by atoms with Crippen molar-refractivity contribution in [3.8, 4) is 0 Å². The third kappa shape index (κ3) is 3.03. The Morgan fingerprint density at radius 2 is 2.14 bits per heavy atom. The summed E-state index contributed by atoms with van der Waals surface area (Å²) in [6.07, 6.45) is 0.844. The van der Waals surface area contributed by atoms with Gasteiger partial charge in [0.15, 0.2) is 0 Å². The van der Waals surface area contributed by atoms with Crippen molar-refractivity contribution in [2.75, 3.05) is 13.6 Å². The predicted octanol–water partition coefficient (Wildman–Crippen LogP) is 3.68. The molecule has 0 N–H and O–H groups in total. The molecule has 0 saturated heterocycles. The molecule has 2 heterocycles. The maximum atomic E-state index is 12.5. The van der Waals surface area contributed by atoms with Crippen LogP contribution in [0.5, 0.6) is 0 Å². The van der Waals surface area contributed by atoms with Gasteiger partial charge in [-0.3, -0.25) is 4.79 Å². The summed E-state index contributed by atoms with van der Waals surface area (Å²) in [6.45, 7) is 4.68. The van der Waals surface area contributed by atoms with Crippen molar-refractivity contribution in [1.82, 2.24) is 14.9 Å². The molecule has 1 amide bonds. The van der Waals surface area contributed by atoms with Crippen LogP contribution < -0.4 is 0 Å². The van der Waals surface area contributed by atoms with E-state index in [9.17, 15) is 4.79 Å². The minimum absolute atomic E-state index is 0.0368. The zero-order valence-electron chi connectivity index (χ0n) is 12.8. The first-order valence-electron chi connectivity index (χ1n) is 7.06. The molecule has 22 heavy (non-hydrogen) atoms. The molecule has 3 aromatic rings. The highest BCUT2D eigenvalue weighted by Crippen LogP contribution is 2.23. The zero-order valence-corrected chi connectivity index (χ0v) is 14.4. The molecule has 0 aliphatic rings. The molecule has 3 rings (SSSR count). The highest BCUT2D eigenvalue weighted by molar-refractivity contribution is 7.18. The fraction of sp³-hybridized carbons (Fsp3) is 0.312. The van der Waals surface area contributed by atoms with Crippen LogP contribution in [0.25, 0.3) is 10.2 Å². The van der Waals surface area contributed by atoms with Gasteiger partial charge in [0, 0.05) is 30.5 Å². The molecule has 0 spiro atoms. The lowest BCUT2D eigenvalue weighted by atomic mass is 10.2. The number of hydrogen-bond donors (Lipinski definition) is 0. The number of nitrogens with zero attached hydrogens (tertiary/aromatic N) is 3. The first kappa shape index (κ1) is 15.1. The van der Waals surface area contributed by atoms with Gasteiger partial charge in [-0.25, -0.2) is 9.97 Å². The maximum absolute atomic E-state index is 12.5. The summed E-state index contributed by atoms with van der Waals surface area (Å²) in [7, 11) is 1.84. The van der Waals surface area contributed by atoms with Crippen LogP contribution in [0.3, 0.4) is 0 Å². The largest absolute Gasteiger partial charge is 0.341 e. The number of thiazole rings is 2. The lowest BCUT2D eigenvalue weighted by Gasteiger charge is -2.16. The molecule has 0 radical (unpaired) electrons. The van der Waals surface area contributed by atoms with E-state index in [-0.39, 0.29) is 5.91 Å². The number of carbonyl (C=O) groups excluding carboxylic acids is 1. The van der Waals surface area contributed by atoms with Gasteiger partial charge in [0.05, 0.1) is 26.4 Å². The molecule has 6 heteroatoms. The second-order valence-electron chi connectivity index (χ2n) is 5.25. The van der Waals surface area contributed by atoms with Crippen LogP contribution in [-0.2, 0) is 6.42 Å². The second-order valence-corrected chi connectivity index (χ2v) is 7.43. The second kappa shape index (κ2) is 6.14. The Balaban J connectivity index is 1.72. The summed E-state index contributed by atoms with van der Waals surface area (Å²) in [4.78, 5) is 24.2. The highest BCUT2D eigenvalue weighted by atomic mass is 32.1. The van der Waals surface area contributed by atoms with Crippen LogP contribution in [0.2, 0.25) is 0 Å². The zero-order chi connectivity index (χ0) is 15.7. The smallest absolute Gasteiger partial charge is 0.253 e. The normalized spacial score (nSPS) is 11.0. The standard InChI is InChI=1S/C16H17N3OS2/c1-10-14(21-9-17-10)6-7-19(3)16(20)12-4-5-15-13(8-12)18-11(2)22-15/h4-5,8-9H,6-7H2,1-3H3. The van der Waals surface area contributed by atoms with E-state index in [1.807, 2.05) is 44.6 Å². The fourth-order valence-electron chi connectivity index (χ4n) is 2.33. The quantitative estimate of drug-likeness (QED) is 0.732. The maximum Gasteiger partial charge on any atom is 0.253 e. The van der Waals surface area contributed by atoms with Crippen LogP contribution in [-0.4, -0.2) is 34.4 Å². The van der Waals surface area contributed by atoms with E-state index in [0.29, 0.717) is 12.1 Å². The van der Waals surface area contributed by atoms with Crippen LogP contribution >= 0.6 is 22.7 Å². The summed E-state index contributed by atoms with van der Waals surface area (Å²) in [5.74, 6) is 0.0368. The van der Waals surface area contributed by atoms with Gasteiger partial charge in [-0.2, -0.15) is 0 Å². The first-order valence-corrected chi connectivity index (χ1v) is 8.76.